The molecule has 35 heavy (non-hydrogen) atoms. The molecule has 1 aromatic carbocycles. The Morgan fingerprint density at radius 3 is 2.60 bits per heavy atom. The normalized spacial score (nSPS) is 30.3. The lowest BCUT2D eigenvalue weighted by Crippen LogP contribution is -2.45. The lowest BCUT2D eigenvalue weighted by Gasteiger charge is -2.38. The van der Waals surface area contributed by atoms with E-state index >= 15 is 0 Å². The molecule has 4 atom stereocenters. The van der Waals surface area contributed by atoms with E-state index < -0.39 is 31.4 Å². The first-order valence-corrected chi connectivity index (χ1v) is 15.3. The Balaban J connectivity index is 1.49. The fourth-order valence-electron chi connectivity index (χ4n) is 5.99. The van der Waals surface area contributed by atoms with Crippen molar-refractivity contribution in [3.05, 3.63) is 36.0 Å². The molecule has 1 aromatic heterocycles. The fourth-order valence-corrected chi connectivity index (χ4v) is 7.03. The number of carbonyl (C=O) groups is 2. The van der Waals surface area contributed by atoms with Gasteiger partial charge >= 0.3 is 0 Å². The van der Waals surface area contributed by atoms with Gasteiger partial charge in [-0.2, -0.15) is 5.26 Å². The lowest BCUT2D eigenvalue weighted by atomic mass is 9.67. The summed E-state index contributed by atoms with van der Waals surface area (Å²) in [5.74, 6) is -1.48. The summed E-state index contributed by atoms with van der Waals surface area (Å²) in [5.41, 5.74) is 0.0479. The summed E-state index contributed by atoms with van der Waals surface area (Å²) in [5, 5.41) is 10.2. The highest BCUT2D eigenvalue weighted by Crippen LogP contribution is 2.62. The van der Waals surface area contributed by atoms with Crippen LogP contribution in [0.1, 0.15) is 52.5 Å². The number of nitrogens with zero attached hydrogens (tertiary/aromatic N) is 3. The minimum atomic E-state index is -1.95. The molecule has 4 unspecified atom stereocenters. The summed E-state index contributed by atoms with van der Waals surface area (Å²) in [6.45, 7) is 13.6. The topological polar surface area (TPSA) is 92.5 Å². The van der Waals surface area contributed by atoms with Gasteiger partial charge in [0.25, 0.3) is 0 Å². The van der Waals surface area contributed by atoms with Gasteiger partial charge in [-0.05, 0) is 68.6 Å². The van der Waals surface area contributed by atoms with E-state index in [1.165, 1.54) is 4.90 Å². The van der Waals surface area contributed by atoms with Gasteiger partial charge in [-0.3, -0.25) is 14.6 Å². The van der Waals surface area contributed by atoms with Crippen LogP contribution in [0, 0.1) is 23.2 Å². The molecular weight excluding hydrogens is 458 g/mol. The van der Waals surface area contributed by atoms with Crippen molar-refractivity contribution in [2.45, 2.75) is 76.3 Å². The van der Waals surface area contributed by atoms with Crippen LogP contribution in [0.2, 0.25) is 18.1 Å². The molecule has 0 aliphatic carbocycles. The zero-order valence-corrected chi connectivity index (χ0v) is 22.3. The van der Waals surface area contributed by atoms with Crippen LogP contribution in [0.3, 0.4) is 0 Å². The first-order valence-electron chi connectivity index (χ1n) is 12.4. The number of nitriles is 1. The number of aromatic nitrogens is 1. The summed E-state index contributed by atoms with van der Waals surface area (Å²) in [6.07, 6.45) is 3.70. The molecule has 3 saturated heterocycles. The van der Waals surface area contributed by atoms with Crippen molar-refractivity contribution in [1.29, 1.82) is 5.26 Å². The summed E-state index contributed by atoms with van der Waals surface area (Å²) in [4.78, 5) is 33.5. The summed E-state index contributed by atoms with van der Waals surface area (Å²) < 4.78 is 13.0. The van der Waals surface area contributed by atoms with Crippen LogP contribution >= 0.6 is 0 Å². The highest BCUT2D eigenvalue weighted by atomic mass is 28.4. The maximum atomic E-state index is 14.0. The van der Waals surface area contributed by atoms with Gasteiger partial charge in [0.1, 0.15) is 6.07 Å². The number of anilines is 1. The Hall–Kier alpha value is -2.60. The predicted molar refractivity (Wildman–Crippen MR) is 135 cm³/mol. The van der Waals surface area contributed by atoms with E-state index in [4.69, 9.17) is 9.16 Å². The molecule has 0 radical (unpaired) electrons. The molecule has 0 saturated carbocycles. The van der Waals surface area contributed by atoms with Gasteiger partial charge in [0.2, 0.25) is 11.8 Å². The average molecular weight is 492 g/mol. The Kier molecular flexibility index (Phi) is 5.30. The van der Waals surface area contributed by atoms with Crippen LogP contribution < -0.4 is 4.90 Å². The summed E-state index contributed by atoms with van der Waals surface area (Å²) >= 11 is 0. The van der Waals surface area contributed by atoms with E-state index in [-0.39, 0.29) is 16.9 Å². The van der Waals surface area contributed by atoms with Crippen LogP contribution in [0.5, 0.6) is 0 Å². The Labute approximate surface area is 207 Å². The molecule has 5 rings (SSSR count). The molecule has 7 nitrogen and oxygen atoms in total. The van der Waals surface area contributed by atoms with Gasteiger partial charge in [-0.15, -0.1) is 0 Å². The smallest absolute Gasteiger partial charge is 0.240 e. The quantitative estimate of drug-likeness (QED) is 0.434. The van der Waals surface area contributed by atoms with Gasteiger partial charge < -0.3 is 9.16 Å². The van der Waals surface area contributed by atoms with Crippen LogP contribution in [0.4, 0.5) is 5.69 Å². The van der Waals surface area contributed by atoms with Gasteiger partial charge in [-0.25, -0.2) is 4.90 Å². The monoisotopic (exact) mass is 491 g/mol. The van der Waals surface area contributed by atoms with Crippen LogP contribution in [-0.2, 0) is 18.8 Å². The zero-order chi connectivity index (χ0) is 25.4. The second kappa shape index (κ2) is 7.70. The van der Waals surface area contributed by atoms with E-state index in [1.807, 2.05) is 13.0 Å². The maximum absolute atomic E-state index is 14.0. The molecule has 3 aliphatic rings. The Morgan fingerprint density at radius 1 is 1.20 bits per heavy atom. The SMILES string of the molecule is CC12CCC(CCO[Si](C)(C)C(C)(C)C)(O1)C1C(=O)N(c3ccc(C#N)c4ncccc34)C(=O)C12. The number of imide groups is 1. The second-order valence-corrected chi connectivity index (χ2v) is 16.8. The van der Waals surface area contributed by atoms with Gasteiger partial charge in [0, 0.05) is 18.2 Å². The van der Waals surface area contributed by atoms with Crippen molar-refractivity contribution in [3.8, 4) is 6.07 Å². The zero-order valence-electron chi connectivity index (χ0n) is 21.3. The highest BCUT2D eigenvalue weighted by Gasteiger charge is 2.73. The van der Waals surface area contributed by atoms with Crippen LogP contribution in [-0.4, -0.2) is 42.9 Å². The Morgan fingerprint density at radius 2 is 1.91 bits per heavy atom. The third-order valence-electron chi connectivity index (χ3n) is 8.91. The number of amides is 2. The minimum absolute atomic E-state index is 0.0918. The van der Waals surface area contributed by atoms with Crippen LogP contribution in [0.15, 0.2) is 30.5 Å². The standard InChI is InChI=1S/C27H33N3O4Si/c1-25(2,3)35(5,6)33-15-13-27-12-11-26(4,34-27)20-21(27)24(32)30(23(20)31)19-10-9-17(16-28)22-18(19)8-7-14-29-22/h7-10,14,20-21H,11-13,15H2,1-6H3. The van der Waals surface area contributed by atoms with Crippen molar-refractivity contribution in [3.63, 3.8) is 0 Å². The number of hydrogen-bond donors (Lipinski definition) is 0. The van der Waals surface area contributed by atoms with Gasteiger partial charge in [-0.1, -0.05) is 20.8 Å². The molecule has 3 fully saturated rings. The van der Waals surface area contributed by atoms with Gasteiger partial charge in [0.05, 0.1) is 39.8 Å². The maximum Gasteiger partial charge on any atom is 0.240 e. The lowest BCUT2D eigenvalue weighted by molar-refractivity contribution is -0.131. The molecule has 2 amide bonds. The molecular formula is C27H33N3O4Si. The summed E-state index contributed by atoms with van der Waals surface area (Å²) in [7, 11) is -1.95. The molecule has 2 aromatic rings. The molecule has 0 N–H and O–H groups in total. The van der Waals surface area contributed by atoms with E-state index in [9.17, 15) is 14.9 Å². The molecule has 184 valence electrons. The highest BCUT2D eigenvalue weighted by molar-refractivity contribution is 6.74. The van der Waals surface area contributed by atoms with Crippen molar-refractivity contribution < 1.29 is 18.8 Å². The second-order valence-electron chi connectivity index (χ2n) is 11.9. The molecule has 3 aliphatic heterocycles. The molecule has 8 heteroatoms. The number of ether oxygens (including phenoxy) is 1. The van der Waals surface area contributed by atoms with E-state index in [2.05, 4.69) is 44.9 Å². The molecule has 4 heterocycles. The first kappa shape index (κ1) is 24.1. The number of rotatable bonds is 5. The number of fused-ring (bicyclic) bond motifs is 6. The number of pyridine rings is 1. The Bertz CT molecular complexity index is 1280. The predicted octanol–water partition coefficient (Wildman–Crippen LogP) is 4.95. The largest absolute Gasteiger partial charge is 0.417 e. The molecule has 2 bridgehead atoms. The number of benzene rings is 1. The third-order valence-corrected chi connectivity index (χ3v) is 13.5. The van der Waals surface area contributed by atoms with Crippen molar-refractivity contribution in [1.82, 2.24) is 4.98 Å². The van der Waals surface area contributed by atoms with Gasteiger partial charge in [0.15, 0.2) is 8.32 Å². The first-order chi connectivity index (χ1) is 16.4. The van der Waals surface area contributed by atoms with E-state index in [0.717, 1.165) is 12.8 Å². The van der Waals surface area contributed by atoms with E-state index in [1.54, 1.807) is 24.4 Å². The van der Waals surface area contributed by atoms with Crippen LogP contribution in [0.25, 0.3) is 10.9 Å². The number of carbonyl (C=O) groups excluding carboxylic acids is 2. The fraction of sp³-hybridized carbons (Fsp3) is 0.556. The van der Waals surface area contributed by atoms with Crippen molar-refractivity contribution in [2.24, 2.45) is 11.8 Å². The third kappa shape index (κ3) is 3.40. The minimum Gasteiger partial charge on any atom is -0.417 e. The van der Waals surface area contributed by atoms with E-state index in [0.29, 0.717) is 35.2 Å². The average Bonchev–Trinajstić information content (AvgIpc) is 3.37. The number of hydrogen-bond acceptors (Lipinski definition) is 6. The summed E-state index contributed by atoms with van der Waals surface area (Å²) in [6, 6.07) is 9.04. The molecule has 0 spiro atoms. The van der Waals surface area contributed by atoms with Crippen molar-refractivity contribution in [2.75, 3.05) is 11.5 Å². The van der Waals surface area contributed by atoms with Crippen molar-refractivity contribution >= 4 is 36.7 Å².